The van der Waals surface area contributed by atoms with Crippen LogP contribution >= 0.6 is 0 Å². The molecule has 10 nitrogen and oxygen atoms in total. The monoisotopic (exact) mass is 343 g/mol. The molecule has 3 aromatic heterocycles. The first-order chi connectivity index (χ1) is 12.1. The molecule has 130 valence electrons. The summed E-state index contributed by atoms with van der Waals surface area (Å²) in [5.74, 6) is -0.928. The van der Waals surface area contributed by atoms with E-state index < -0.39 is 18.0 Å². The highest BCUT2D eigenvalue weighted by Gasteiger charge is 2.22. The molecular formula is C15H17N7O3. The molecule has 0 aliphatic rings. The quantitative estimate of drug-likeness (QED) is 0.572. The maximum Gasteiger partial charge on any atom is 0.359 e. The molecule has 0 aromatic carbocycles. The molecular weight excluding hydrogens is 326 g/mol. The van der Waals surface area contributed by atoms with Gasteiger partial charge in [-0.25, -0.2) is 19.7 Å². The Morgan fingerprint density at radius 1 is 1.32 bits per heavy atom. The first-order valence-electron chi connectivity index (χ1n) is 7.78. The largest absolute Gasteiger partial charge is 0.448 e. The van der Waals surface area contributed by atoms with E-state index in [0.717, 1.165) is 18.5 Å². The zero-order valence-electron chi connectivity index (χ0n) is 13.7. The van der Waals surface area contributed by atoms with Crippen LogP contribution in [0.5, 0.6) is 0 Å². The Morgan fingerprint density at radius 3 is 2.96 bits per heavy atom. The predicted octanol–water partition coefficient (Wildman–Crippen LogP) is 1.21. The topological polar surface area (TPSA) is 139 Å². The van der Waals surface area contributed by atoms with Crippen LogP contribution < -0.4 is 5.32 Å². The van der Waals surface area contributed by atoms with Gasteiger partial charge in [0.2, 0.25) is 0 Å². The Kier molecular flexibility index (Phi) is 4.68. The number of fused-ring (bicyclic) bond motifs is 1. The molecule has 25 heavy (non-hydrogen) atoms. The van der Waals surface area contributed by atoms with E-state index in [1.165, 1.54) is 19.6 Å². The highest BCUT2D eigenvalue weighted by molar-refractivity contribution is 6.00. The first kappa shape index (κ1) is 16.6. The maximum absolute atomic E-state index is 12.2. The third-order valence-electron chi connectivity index (χ3n) is 3.48. The summed E-state index contributed by atoms with van der Waals surface area (Å²) in [7, 11) is 0. The highest BCUT2D eigenvalue weighted by Crippen LogP contribution is 2.15. The molecule has 3 heterocycles. The van der Waals surface area contributed by atoms with Gasteiger partial charge in [0.15, 0.2) is 23.3 Å². The van der Waals surface area contributed by atoms with Crippen molar-refractivity contribution in [3.8, 4) is 0 Å². The number of carbonyl (C=O) groups excluding carboxylic acids is 2. The summed E-state index contributed by atoms with van der Waals surface area (Å²) < 4.78 is 5.15. The van der Waals surface area contributed by atoms with E-state index in [1.54, 1.807) is 6.07 Å². The second-order valence-electron chi connectivity index (χ2n) is 5.39. The van der Waals surface area contributed by atoms with Crippen LogP contribution in [0.2, 0.25) is 0 Å². The molecule has 0 fully saturated rings. The van der Waals surface area contributed by atoms with Gasteiger partial charge < -0.3 is 15.0 Å². The lowest BCUT2D eigenvalue weighted by Crippen LogP contribution is -2.30. The number of ether oxygens (including phenoxy) is 1. The summed E-state index contributed by atoms with van der Waals surface area (Å²) in [5.41, 5.74) is 1.90. The summed E-state index contributed by atoms with van der Waals surface area (Å²) in [6, 6.07) is 1.62. The zero-order chi connectivity index (χ0) is 17.8. The van der Waals surface area contributed by atoms with Crippen LogP contribution in [-0.4, -0.2) is 48.1 Å². The Labute approximate surface area is 142 Å². The van der Waals surface area contributed by atoms with Gasteiger partial charge in [0.05, 0.1) is 6.33 Å². The lowest BCUT2D eigenvalue weighted by molar-refractivity contribution is -0.123. The zero-order valence-corrected chi connectivity index (χ0v) is 13.7. The van der Waals surface area contributed by atoms with Crippen molar-refractivity contribution in [3.63, 3.8) is 0 Å². The molecule has 1 amide bonds. The van der Waals surface area contributed by atoms with Gasteiger partial charge in [0.1, 0.15) is 11.8 Å². The van der Waals surface area contributed by atoms with Crippen LogP contribution in [-0.2, 0) is 16.0 Å². The molecule has 0 saturated carbocycles. The van der Waals surface area contributed by atoms with E-state index in [4.69, 9.17) is 4.74 Å². The van der Waals surface area contributed by atoms with E-state index in [-0.39, 0.29) is 11.5 Å². The van der Waals surface area contributed by atoms with Gasteiger partial charge in [0.25, 0.3) is 5.91 Å². The fourth-order valence-corrected chi connectivity index (χ4v) is 2.22. The summed E-state index contributed by atoms with van der Waals surface area (Å²) in [4.78, 5) is 39.1. The lowest BCUT2D eigenvalue weighted by atomic mass is 10.2. The number of nitrogens with zero attached hydrogens (tertiary/aromatic N) is 4. The Bertz CT molecular complexity index is 901. The summed E-state index contributed by atoms with van der Waals surface area (Å²) in [6.07, 6.45) is 3.42. The van der Waals surface area contributed by atoms with Gasteiger partial charge in [-0.05, 0) is 19.4 Å². The van der Waals surface area contributed by atoms with Crippen LogP contribution in [0.15, 0.2) is 18.7 Å². The van der Waals surface area contributed by atoms with Gasteiger partial charge in [0, 0.05) is 5.69 Å². The number of amides is 1. The number of hydrogen-bond donors (Lipinski definition) is 3. The predicted molar refractivity (Wildman–Crippen MR) is 87.8 cm³/mol. The van der Waals surface area contributed by atoms with Crippen molar-refractivity contribution in [2.45, 2.75) is 32.8 Å². The van der Waals surface area contributed by atoms with Gasteiger partial charge in [-0.2, -0.15) is 5.10 Å². The average molecular weight is 343 g/mol. The van der Waals surface area contributed by atoms with E-state index >= 15 is 0 Å². The molecule has 10 heteroatoms. The number of imidazole rings is 1. The molecule has 3 rings (SSSR count). The molecule has 3 N–H and O–H groups in total. The van der Waals surface area contributed by atoms with Crippen molar-refractivity contribution in [2.75, 3.05) is 5.32 Å². The summed E-state index contributed by atoms with van der Waals surface area (Å²) in [6.45, 7) is 3.49. The van der Waals surface area contributed by atoms with Crippen molar-refractivity contribution >= 4 is 28.9 Å². The number of esters is 1. The van der Waals surface area contributed by atoms with Gasteiger partial charge in [-0.1, -0.05) is 13.3 Å². The van der Waals surface area contributed by atoms with Crippen LogP contribution in [0.3, 0.4) is 0 Å². The minimum absolute atomic E-state index is 0.140. The molecule has 3 aromatic rings. The van der Waals surface area contributed by atoms with Gasteiger partial charge in [-0.3, -0.25) is 9.89 Å². The lowest BCUT2D eigenvalue weighted by Gasteiger charge is -2.12. The summed E-state index contributed by atoms with van der Waals surface area (Å²) >= 11 is 0. The minimum atomic E-state index is -1.02. The van der Waals surface area contributed by atoms with Crippen molar-refractivity contribution in [1.82, 2.24) is 30.1 Å². The standard InChI is InChI=1S/C15H17N7O3/c1-3-4-9-5-10(22-21-9)15(24)25-8(2)14(23)20-13-11-12(17-6-16-11)18-7-19-13/h5-8H,3-4H2,1-2H3,(H,21,22)(H2,16,17,18,19,20,23). The second-order valence-corrected chi connectivity index (χ2v) is 5.39. The fourth-order valence-electron chi connectivity index (χ4n) is 2.22. The van der Waals surface area contributed by atoms with Crippen molar-refractivity contribution in [3.05, 3.63) is 30.1 Å². The van der Waals surface area contributed by atoms with Crippen LogP contribution in [0, 0.1) is 0 Å². The Morgan fingerprint density at radius 2 is 2.16 bits per heavy atom. The van der Waals surface area contributed by atoms with Gasteiger partial charge in [-0.15, -0.1) is 0 Å². The number of carbonyl (C=O) groups is 2. The maximum atomic E-state index is 12.2. The number of anilines is 1. The number of nitrogens with one attached hydrogen (secondary N) is 3. The molecule has 0 spiro atoms. The van der Waals surface area contributed by atoms with E-state index in [2.05, 4.69) is 35.5 Å². The van der Waals surface area contributed by atoms with Crippen molar-refractivity contribution in [2.24, 2.45) is 0 Å². The van der Waals surface area contributed by atoms with E-state index in [9.17, 15) is 9.59 Å². The number of rotatable bonds is 6. The number of aryl methyl sites for hydroxylation is 1. The molecule has 0 aliphatic heterocycles. The smallest absolute Gasteiger partial charge is 0.359 e. The summed E-state index contributed by atoms with van der Waals surface area (Å²) in [5, 5.41) is 9.25. The third kappa shape index (κ3) is 3.62. The van der Waals surface area contributed by atoms with Crippen LogP contribution in [0.4, 0.5) is 5.82 Å². The first-order valence-corrected chi connectivity index (χ1v) is 7.78. The molecule has 0 bridgehead atoms. The third-order valence-corrected chi connectivity index (χ3v) is 3.48. The van der Waals surface area contributed by atoms with E-state index in [0.29, 0.717) is 11.2 Å². The average Bonchev–Trinajstić information content (AvgIpc) is 3.24. The number of H-pyrrole nitrogens is 2. The minimum Gasteiger partial charge on any atom is -0.448 e. The van der Waals surface area contributed by atoms with Gasteiger partial charge >= 0.3 is 5.97 Å². The van der Waals surface area contributed by atoms with Crippen LogP contribution in [0.25, 0.3) is 11.2 Å². The van der Waals surface area contributed by atoms with Crippen molar-refractivity contribution in [1.29, 1.82) is 0 Å². The number of aromatic nitrogens is 6. The Hall–Kier alpha value is -3.30. The van der Waals surface area contributed by atoms with E-state index in [1.807, 2.05) is 6.92 Å². The molecule has 1 atom stereocenters. The normalized spacial score (nSPS) is 12.1. The van der Waals surface area contributed by atoms with Crippen molar-refractivity contribution < 1.29 is 14.3 Å². The second kappa shape index (κ2) is 7.07. The SMILES string of the molecule is CCCc1cc(C(=O)OC(C)C(=O)Nc2ncnc3nc[nH]c23)n[nH]1. The van der Waals surface area contributed by atoms with Crippen LogP contribution in [0.1, 0.15) is 36.5 Å². The number of aromatic amines is 2. The fraction of sp³-hybridized carbons (Fsp3) is 0.333. The highest BCUT2D eigenvalue weighted by atomic mass is 16.5. The molecule has 1 unspecified atom stereocenters. The molecule has 0 saturated heterocycles. The molecule has 0 radical (unpaired) electrons. The Balaban J connectivity index is 1.64. The number of hydrogen-bond acceptors (Lipinski definition) is 7. The molecule has 0 aliphatic carbocycles.